The molecule has 3 aromatic rings. The van der Waals surface area contributed by atoms with Gasteiger partial charge < -0.3 is 14.5 Å². The van der Waals surface area contributed by atoms with E-state index in [4.69, 9.17) is 4.74 Å². The Morgan fingerprint density at radius 1 is 1.03 bits per heavy atom. The van der Waals surface area contributed by atoms with Crippen LogP contribution in [0.3, 0.4) is 0 Å². The van der Waals surface area contributed by atoms with Gasteiger partial charge in [-0.1, -0.05) is 18.2 Å². The van der Waals surface area contributed by atoms with Crippen molar-refractivity contribution in [3.05, 3.63) is 65.9 Å². The Kier molecular flexibility index (Phi) is 5.89. The standard InChI is InChI=1S/C23H26N6O3/c1-15-7-5-8-18(11-15)28-14-24-21(26-28)23(31)27-12-16(2)29(17(3)13-27)22(30)19-9-6-10-20(25-19)32-4/h5-11,14,16-17H,12-13H2,1-4H3/t16-,17+. The average Bonchev–Trinajstić information content (AvgIpc) is 3.28. The zero-order valence-electron chi connectivity index (χ0n) is 18.6. The van der Waals surface area contributed by atoms with Crippen LogP contribution in [0.1, 0.15) is 40.5 Å². The smallest absolute Gasteiger partial charge is 0.293 e. The summed E-state index contributed by atoms with van der Waals surface area (Å²) >= 11 is 0. The molecule has 0 saturated carbocycles. The lowest BCUT2D eigenvalue weighted by molar-refractivity contribution is 0.0245. The van der Waals surface area contributed by atoms with Gasteiger partial charge in [-0.15, -0.1) is 5.10 Å². The maximum absolute atomic E-state index is 13.1. The molecule has 2 amide bonds. The third-order valence-electron chi connectivity index (χ3n) is 5.54. The minimum absolute atomic E-state index is 0.139. The Morgan fingerprint density at radius 3 is 2.44 bits per heavy atom. The third kappa shape index (κ3) is 4.18. The van der Waals surface area contributed by atoms with Crippen molar-refractivity contribution in [2.24, 2.45) is 0 Å². The van der Waals surface area contributed by atoms with Gasteiger partial charge in [-0.2, -0.15) is 0 Å². The van der Waals surface area contributed by atoms with E-state index in [0.29, 0.717) is 24.7 Å². The predicted octanol–water partition coefficient (Wildman–Crippen LogP) is 2.35. The van der Waals surface area contributed by atoms with Crippen LogP contribution in [-0.4, -0.2) is 73.6 Å². The highest BCUT2D eigenvalue weighted by Gasteiger charge is 2.36. The van der Waals surface area contributed by atoms with E-state index < -0.39 is 0 Å². The van der Waals surface area contributed by atoms with Crippen LogP contribution in [0, 0.1) is 6.92 Å². The van der Waals surface area contributed by atoms with Crippen molar-refractivity contribution in [2.45, 2.75) is 32.9 Å². The molecule has 4 rings (SSSR count). The molecule has 3 heterocycles. The van der Waals surface area contributed by atoms with Crippen molar-refractivity contribution in [2.75, 3.05) is 20.2 Å². The summed E-state index contributed by atoms with van der Waals surface area (Å²) in [5.41, 5.74) is 2.26. The number of nitrogens with zero attached hydrogens (tertiary/aromatic N) is 6. The molecule has 2 atom stereocenters. The topological polar surface area (TPSA) is 93.5 Å². The van der Waals surface area contributed by atoms with E-state index in [1.165, 1.54) is 7.11 Å². The largest absolute Gasteiger partial charge is 0.481 e. The molecule has 0 radical (unpaired) electrons. The second-order valence-electron chi connectivity index (χ2n) is 8.04. The lowest BCUT2D eigenvalue weighted by atomic mass is 10.1. The van der Waals surface area contributed by atoms with Gasteiger partial charge in [0.05, 0.1) is 12.8 Å². The lowest BCUT2D eigenvalue weighted by Crippen LogP contribution is -2.60. The van der Waals surface area contributed by atoms with Crippen LogP contribution in [-0.2, 0) is 0 Å². The fourth-order valence-corrected chi connectivity index (χ4v) is 4.07. The van der Waals surface area contributed by atoms with E-state index in [9.17, 15) is 9.59 Å². The molecule has 166 valence electrons. The predicted molar refractivity (Wildman–Crippen MR) is 118 cm³/mol. The zero-order chi connectivity index (χ0) is 22.8. The quantitative estimate of drug-likeness (QED) is 0.626. The molecule has 0 unspecified atom stereocenters. The monoisotopic (exact) mass is 434 g/mol. The molecule has 1 saturated heterocycles. The lowest BCUT2D eigenvalue weighted by Gasteiger charge is -2.44. The molecular weight excluding hydrogens is 408 g/mol. The number of rotatable bonds is 4. The van der Waals surface area contributed by atoms with Crippen LogP contribution >= 0.6 is 0 Å². The Bertz CT molecular complexity index is 1130. The highest BCUT2D eigenvalue weighted by molar-refractivity contribution is 5.94. The number of amides is 2. The average molecular weight is 435 g/mol. The Morgan fingerprint density at radius 2 is 1.75 bits per heavy atom. The van der Waals surface area contributed by atoms with E-state index in [1.807, 2.05) is 45.0 Å². The van der Waals surface area contributed by atoms with Crippen molar-refractivity contribution in [1.29, 1.82) is 0 Å². The van der Waals surface area contributed by atoms with Gasteiger partial charge in [0.1, 0.15) is 12.0 Å². The summed E-state index contributed by atoms with van der Waals surface area (Å²) in [4.78, 5) is 38.1. The summed E-state index contributed by atoms with van der Waals surface area (Å²) in [5.74, 6) is 0.0972. The van der Waals surface area contributed by atoms with E-state index in [2.05, 4.69) is 15.1 Å². The molecule has 9 nitrogen and oxygen atoms in total. The number of carbonyl (C=O) groups excluding carboxylic acids is 2. The third-order valence-corrected chi connectivity index (χ3v) is 5.54. The number of methoxy groups -OCH3 is 1. The molecular formula is C23H26N6O3. The Hall–Kier alpha value is -3.75. The molecule has 0 spiro atoms. The van der Waals surface area contributed by atoms with Crippen molar-refractivity contribution in [3.8, 4) is 11.6 Å². The Balaban J connectivity index is 1.48. The second kappa shape index (κ2) is 8.78. The first-order chi connectivity index (χ1) is 15.4. The minimum atomic E-state index is -0.248. The minimum Gasteiger partial charge on any atom is -0.481 e. The van der Waals surface area contributed by atoms with Crippen molar-refractivity contribution >= 4 is 11.8 Å². The summed E-state index contributed by atoms with van der Waals surface area (Å²) in [6.45, 7) is 6.62. The van der Waals surface area contributed by atoms with E-state index in [-0.39, 0.29) is 29.7 Å². The van der Waals surface area contributed by atoms with Crippen LogP contribution in [0.2, 0.25) is 0 Å². The second-order valence-corrected chi connectivity index (χ2v) is 8.04. The molecule has 1 aromatic carbocycles. The van der Waals surface area contributed by atoms with Crippen molar-refractivity contribution in [1.82, 2.24) is 29.5 Å². The van der Waals surface area contributed by atoms with Crippen molar-refractivity contribution in [3.63, 3.8) is 0 Å². The van der Waals surface area contributed by atoms with Gasteiger partial charge in [0.25, 0.3) is 11.8 Å². The van der Waals surface area contributed by atoms with E-state index in [0.717, 1.165) is 11.3 Å². The van der Waals surface area contributed by atoms with E-state index in [1.54, 1.807) is 39.0 Å². The number of carbonyl (C=O) groups is 2. The number of aromatic nitrogens is 4. The van der Waals surface area contributed by atoms with Crippen LogP contribution in [0.5, 0.6) is 5.88 Å². The fourth-order valence-electron chi connectivity index (χ4n) is 4.07. The zero-order valence-corrected chi connectivity index (χ0v) is 18.6. The number of hydrogen-bond donors (Lipinski definition) is 0. The van der Waals surface area contributed by atoms with Gasteiger partial charge in [-0.05, 0) is 44.5 Å². The number of hydrogen-bond acceptors (Lipinski definition) is 6. The van der Waals surface area contributed by atoms with E-state index >= 15 is 0 Å². The van der Waals surface area contributed by atoms with Gasteiger partial charge in [0.15, 0.2) is 0 Å². The summed E-state index contributed by atoms with van der Waals surface area (Å²) in [6.07, 6.45) is 1.54. The van der Waals surface area contributed by atoms with Gasteiger partial charge in [-0.25, -0.2) is 14.6 Å². The number of benzene rings is 1. The summed E-state index contributed by atoms with van der Waals surface area (Å²) in [6, 6.07) is 12.5. The maximum atomic E-state index is 13.1. The van der Waals surface area contributed by atoms with Crippen LogP contribution in [0.25, 0.3) is 5.69 Å². The molecule has 0 aliphatic carbocycles. The normalized spacial score (nSPS) is 18.5. The molecule has 0 bridgehead atoms. The molecule has 1 aliphatic heterocycles. The summed E-state index contributed by atoms with van der Waals surface area (Å²) in [7, 11) is 1.51. The number of aryl methyl sites for hydroxylation is 1. The number of pyridine rings is 1. The summed E-state index contributed by atoms with van der Waals surface area (Å²) < 4.78 is 6.73. The van der Waals surface area contributed by atoms with Gasteiger partial charge in [0.2, 0.25) is 11.7 Å². The number of piperazine rings is 1. The molecule has 0 N–H and O–H groups in total. The maximum Gasteiger partial charge on any atom is 0.293 e. The first-order valence-corrected chi connectivity index (χ1v) is 10.5. The Labute approximate surface area is 186 Å². The van der Waals surface area contributed by atoms with Gasteiger partial charge in [0, 0.05) is 31.2 Å². The van der Waals surface area contributed by atoms with Crippen molar-refractivity contribution < 1.29 is 14.3 Å². The molecule has 9 heteroatoms. The first kappa shape index (κ1) is 21.5. The van der Waals surface area contributed by atoms with Crippen LogP contribution < -0.4 is 4.74 Å². The molecule has 32 heavy (non-hydrogen) atoms. The van der Waals surface area contributed by atoms with Gasteiger partial charge >= 0.3 is 0 Å². The van der Waals surface area contributed by atoms with Gasteiger partial charge in [-0.3, -0.25) is 9.59 Å². The van der Waals surface area contributed by atoms with Crippen LogP contribution in [0.15, 0.2) is 48.8 Å². The molecule has 1 aliphatic rings. The summed E-state index contributed by atoms with van der Waals surface area (Å²) in [5, 5.41) is 4.38. The number of ether oxygens (including phenoxy) is 1. The molecule has 2 aromatic heterocycles. The molecule has 1 fully saturated rings. The SMILES string of the molecule is COc1cccc(C(=O)N2[C@H](C)CN(C(=O)c3ncn(-c4cccc(C)c4)n3)C[C@@H]2C)n1. The van der Waals surface area contributed by atoms with Crippen LogP contribution in [0.4, 0.5) is 0 Å². The highest BCUT2D eigenvalue weighted by Crippen LogP contribution is 2.21. The fraction of sp³-hybridized carbons (Fsp3) is 0.348. The highest BCUT2D eigenvalue weighted by atomic mass is 16.5. The first-order valence-electron chi connectivity index (χ1n) is 10.5.